The third-order valence-electron chi connectivity index (χ3n) is 4.66. The number of aryl methyl sites for hydroxylation is 1. The Morgan fingerprint density at radius 3 is 2.26 bits per heavy atom. The van der Waals surface area contributed by atoms with Crippen molar-refractivity contribution in [1.82, 2.24) is 0 Å². The van der Waals surface area contributed by atoms with E-state index in [0.717, 1.165) is 11.3 Å². The van der Waals surface area contributed by atoms with Crippen molar-refractivity contribution >= 4 is 11.0 Å². The predicted molar refractivity (Wildman–Crippen MR) is 116 cm³/mol. The van der Waals surface area contributed by atoms with Crippen molar-refractivity contribution in [3.05, 3.63) is 94.1 Å². The molecule has 5 nitrogen and oxygen atoms in total. The molecule has 0 N–H and O–H groups in total. The highest BCUT2D eigenvalue weighted by Crippen LogP contribution is 2.28. The third kappa shape index (κ3) is 4.69. The van der Waals surface area contributed by atoms with Crippen molar-refractivity contribution in [2.75, 3.05) is 6.61 Å². The van der Waals surface area contributed by atoms with E-state index in [1.165, 1.54) is 12.1 Å². The zero-order valence-electron chi connectivity index (χ0n) is 17.2. The molecule has 0 aliphatic heterocycles. The van der Waals surface area contributed by atoms with Crippen LogP contribution in [0.4, 0.5) is 4.39 Å². The van der Waals surface area contributed by atoms with Crippen LogP contribution in [0.1, 0.15) is 18.2 Å². The van der Waals surface area contributed by atoms with Gasteiger partial charge in [-0.1, -0.05) is 12.1 Å². The van der Waals surface area contributed by atoms with Gasteiger partial charge in [0, 0.05) is 6.07 Å². The lowest BCUT2D eigenvalue weighted by molar-refractivity contribution is 0.306. The number of ether oxygens (including phenoxy) is 3. The Labute approximate surface area is 178 Å². The van der Waals surface area contributed by atoms with Crippen LogP contribution >= 0.6 is 0 Å². The molecule has 0 unspecified atom stereocenters. The molecule has 1 heterocycles. The topological polar surface area (TPSA) is 57.9 Å². The molecule has 0 bridgehead atoms. The summed E-state index contributed by atoms with van der Waals surface area (Å²) in [6.45, 7) is 4.43. The molecule has 1 aromatic heterocycles. The van der Waals surface area contributed by atoms with Gasteiger partial charge in [0.05, 0.1) is 12.0 Å². The smallest absolute Gasteiger partial charge is 0.235 e. The third-order valence-corrected chi connectivity index (χ3v) is 4.66. The summed E-state index contributed by atoms with van der Waals surface area (Å²) in [5, 5.41) is 0.390. The van der Waals surface area contributed by atoms with E-state index in [1.54, 1.807) is 61.5 Å². The summed E-state index contributed by atoms with van der Waals surface area (Å²) < 4.78 is 35.8. The van der Waals surface area contributed by atoms with E-state index in [-0.39, 0.29) is 23.6 Å². The number of hydrogen-bond donors (Lipinski definition) is 0. The average molecular weight is 420 g/mol. The van der Waals surface area contributed by atoms with Crippen LogP contribution in [-0.2, 0) is 6.61 Å². The summed E-state index contributed by atoms with van der Waals surface area (Å²) in [5.41, 5.74) is 0.967. The van der Waals surface area contributed by atoms with Crippen LogP contribution in [0.15, 0.2) is 75.9 Å². The molecular formula is C25H21FO5. The molecule has 0 spiro atoms. The highest BCUT2D eigenvalue weighted by atomic mass is 19.1. The zero-order valence-corrected chi connectivity index (χ0v) is 17.2. The highest BCUT2D eigenvalue weighted by molar-refractivity contribution is 5.79. The van der Waals surface area contributed by atoms with E-state index in [2.05, 4.69) is 0 Å². The van der Waals surface area contributed by atoms with Crippen LogP contribution in [-0.4, -0.2) is 6.61 Å². The SMILES string of the molecule is CCOc1ccc(Oc2c(C)oc3cc(OCc4ccc(F)cc4)ccc3c2=O)cc1. The molecule has 0 radical (unpaired) electrons. The molecule has 3 aromatic carbocycles. The number of halogens is 1. The average Bonchev–Trinajstić information content (AvgIpc) is 2.77. The molecule has 0 fully saturated rings. The van der Waals surface area contributed by atoms with Crippen LogP contribution in [0.25, 0.3) is 11.0 Å². The number of fused-ring (bicyclic) bond motifs is 1. The Hall–Kier alpha value is -3.80. The van der Waals surface area contributed by atoms with E-state index in [4.69, 9.17) is 18.6 Å². The predicted octanol–water partition coefficient (Wildman–Crippen LogP) is 6.01. The Balaban J connectivity index is 1.56. The first-order chi connectivity index (χ1) is 15.0. The molecule has 0 aliphatic carbocycles. The Morgan fingerprint density at radius 1 is 0.871 bits per heavy atom. The Bertz CT molecular complexity index is 1240. The summed E-state index contributed by atoms with van der Waals surface area (Å²) >= 11 is 0. The minimum Gasteiger partial charge on any atom is -0.494 e. The van der Waals surface area contributed by atoms with Gasteiger partial charge in [0.15, 0.2) is 0 Å². The Morgan fingerprint density at radius 2 is 1.55 bits per heavy atom. The second-order valence-electron chi connectivity index (χ2n) is 6.90. The zero-order chi connectivity index (χ0) is 21.8. The van der Waals surface area contributed by atoms with Gasteiger partial charge < -0.3 is 18.6 Å². The van der Waals surface area contributed by atoms with Gasteiger partial charge >= 0.3 is 0 Å². The minimum atomic E-state index is -0.296. The Kier molecular flexibility index (Phi) is 5.89. The number of rotatable bonds is 7. The van der Waals surface area contributed by atoms with Crippen LogP contribution in [0, 0.1) is 12.7 Å². The van der Waals surface area contributed by atoms with Crippen molar-refractivity contribution in [3.8, 4) is 23.0 Å². The fourth-order valence-corrected chi connectivity index (χ4v) is 3.11. The quantitative estimate of drug-likeness (QED) is 0.366. The van der Waals surface area contributed by atoms with Crippen molar-refractivity contribution in [2.24, 2.45) is 0 Å². The molecule has 158 valence electrons. The summed E-state index contributed by atoms with van der Waals surface area (Å²) in [6.07, 6.45) is 0. The molecular weight excluding hydrogens is 399 g/mol. The highest BCUT2D eigenvalue weighted by Gasteiger charge is 2.15. The second-order valence-corrected chi connectivity index (χ2v) is 6.90. The van der Waals surface area contributed by atoms with Crippen molar-refractivity contribution < 1.29 is 23.0 Å². The van der Waals surface area contributed by atoms with Crippen LogP contribution < -0.4 is 19.6 Å². The molecule has 0 saturated carbocycles. The van der Waals surface area contributed by atoms with Crippen LogP contribution in [0.3, 0.4) is 0 Å². The lowest BCUT2D eigenvalue weighted by Crippen LogP contribution is -2.07. The maximum Gasteiger partial charge on any atom is 0.235 e. The number of hydrogen-bond acceptors (Lipinski definition) is 5. The van der Waals surface area contributed by atoms with E-state index >= 15 is 0 Å². The second kappa shape index (κ2) is 8.92. The van der Waals surface area contributed by atoms with Gasteiger partial charge in [-0.2, -0.15) is 0 Å². The maximum atomic E-state index is 13.0. The molecule has 0 saturated heterocycles. The van der Waals surface area contributed by atoms with Crippen molar-refractivity contribution in [2.45, 2.75) is 20.5 Å². The fraction of sp³-hybridized carbons (Fsp3) is 0.160. The van der Waals surface area contributed by atoms with E-state index in [0.29, 0.717) is 34.8 Å². The lowest BCUT2D eigenvalue weighted by atomic mass is 10.2. The van der Waals surface area contributed by atoms with E-state index in [9.17, 15) is 9.18 Å². The van der Waals surface area contributed by atoms with Gasteiger partial charge in [0.25, 0.3) is 0 Å². The summed E-state index contributed by atoms with van der Waals surface area (Å²) in [5.74, 6) is 1.98. The van der Waals surface area contributed by atoms with Gasteiger partial charge in [-0.05, 0) is 67.9 Å². The largest absolute Gasteiger partial charge is 0.494 e. The molecule has 31 heavy (non-hydrogen) atoms. The first-order valence-corrected chi connectivity index (χ1v) is 9.89. The summed E-state index contributed by atoms with van der Waals surface area (Å²) in [6, 6.07) is 18.1. The summed E-state index contributed by atoms with van der Waals surface area (Å²) in [4.78, 5) is 13.0. The minimum absolute atomic E-state index is 0.136. The monoisotopic (exact) mass is 420 g/mol. The van der Waals surface area contributed by atoms with Gasteiger partial charge in [0.2, 0.25) is 11.2 Å². The molecule has 4 aromatic rings. The molecule has 0 atom stereocenters. The van der Waals surface area contributed by atoms with Gasteiger partial charge in [-0.25, -0.2) is 4.39 Å². The van der Waals surface area contributed by atoms with E-state index in [1.807, 2.05) is 6.92 Å². The summed E-state index contributed by atoms with van der Waals surface area (Å²) in [7, 11) is 0. The maximum absolute atomic E-state index is 13.0. The van der Waals surface area contributed by atoms with Gasteiger partial charge in [-0.3, -0.25) is 4.79 Å². The van der Waals surface area contributed by atoms with Crippen molar-refractivity contribution in [3.63, 3.8) is 0 Å². The van der Waals surface area contributed by atoms with Gasteiger partial charge in [0.1, 0.15) is 41.0 Å². The van der Waals surface area contributed by atoms with Crippen molar-refractivity contribution in [1.29, 1.82) is 0 Å². The lowest BCUT2D eigenvalue weighted by Gasteiger charge is -2.11. The standard InChI is InChI=1S/C25H21FO5/c1-3-28-19-8-10-20(11-9-19)31-25-16(2)30-23-14-21(12-13-22(23)24(25)27)29-15-17-4-6-18(26)7-5-17/h4-14H,3,15H2,1-2H3. The van der Waals surface area contributed by atoms with Crippen LogP contribution in [0.2, 0.25) is 0 Å². The molecule has 4 rings (SSSR count). The number of benzene rings is 3. The first-order valence-electron chi connectivity index (χ1n) is 9.89. The first kappa shape index (κ1) is 20.5. The van der Waals surface area contributed by atoms with Gasteiger partial charge in [-0.15, -0.1) is 0 Å². The normalized spacial score (nSPS) is 10.8. The van der Waals surface area contributed by atoms with E-state index < -0.39 is 0 Å². The molecule has 6 heteroatoms. The molecule has 0 aliphatic rings. The fourth-order valence-electron chi connectivity index (χ4n) is 3.11. The molecule has 0 amide bonds. The van der Waals surface area contributed by atoms with Crippen LogP contribution in [0.5, 0.6) is 23.0 Å².